The predicted molar refractivity (Wildman–Crippen MR) is 195 cm³/mol. The lowest BCUT2D eigenvalue weighted by molar-refractivity contribution is 1.10. The Balaban J connectivity index is 1.25. The number of rotatable bonds is 4. The second kappa shape index (κ2) is 10.8. The molecular formula is C44H27N3. The maximum atomic E-state index is 9.53. The Kier molecular flexibility index (Phi) is 6.19. The molecule has 9 rings (SSSR count). The Bertz CT molecular complexity index is 2660. The van der Waals surface area contributed by atoms with E-state index < -0.39 is 0 Å². The summed E-state index contributed by atoms with van der Waals surface area (Å²) in [4.78, 5) is 4.99. The van der Waals surface area contributed by atoms with Crippen LogP contribution < -0.4 is 0 Å². The van der Waals surface area contributed by atoms with Crippen molar-refractivity contribution in [3.05, 3.63) is 169 Å². The molecule has 0 bridgehead atoms. The molecule has 0 aliphatic carbocycles. The van der Waals surface area contributed by atoms with Crippen LogP contribution in [0.2, 0.25) is 0 Å². The highest BCUT2D eigenvalue weighted by Gasteiger charge is 2.17. The van der Waals surface area contributed by atoms with Gasteiger partial charge in [-0.2, -0.15) is 5.26 Å². The van der Waals surface area contributed by atoms with Crippen LogP contribution in [0.3, 0.4) is 0 Å². The van der Waals surface area contributed by atoms with E-state index in [0.717, 1.165) is 33.7 Å². The van der Waals surface area contributed by atoms with Crippen molar-refractivity contribution in [1.82, 2.24) is 9.55 Å². The van der Waals surface area contributed by atoms with E-state index in [4.69, 9.17) is 4.98 Å². The van der Waals surface area contributed by atoms with Crippen LogP contribution in [-0.2, 0) is 0 Å². The Morgan fingerprint density at radius 2 is 0.957 bits per heavy atom. The van der Waals surface area contributed by atoms with Crippen LogP contribution in [0.25, 0.3) is 82.7 Å². The number of hydrogen-bond donors (Lipinski definition) is 0. The monoisotopic (exact) mass is 597 g/mol. The molecule has 3 heteroatoms. The largest absolute Gasteiger partial charge is 0.292 e. The second-order valence-corrected chi connectivity index (χ2v) is 11.9. The third-order valence-electron chi connectivity index (χ3n) is 9.22. The van der Waals surface area contributed by atoms with E-state index in [1.54, 1.807) is 0 Å². The minimum absolute atomic E-state index is 0.601. The molecule has 1 aromatic heterocycles. The van der Waals surface area contributed by atoms with Crippen molar-refractivity contribution >= 4 is 43.4 Å². The molecule has 3 nitrogen and oxygen atoms in total. The van der Waals surface area contributed by atoms with Crippen LogP contribution in [0.1, 0.15) is 5.56 Å². The van der Waals surface area contributed by atoms with Gasteiger partial charge in [0.25, 0.3) is 0 Å². The van der Waals surface area contributed by atoms with Gasteiger partial charge in [-0.1, -0.05) is 121 Å². The smallest absolute Gasteiger partial charge is 0.145 e. The Hall–Kier alpha value is -6.50. The lowest BCUT2D eigenvalue weighted by Crippen LogP contribution is -1.97. The normalized spacial score (nSPS) is 11.4. The quantitative estimate of drug-likeness (QED) is 0.189. The summed E-state index contributed by atoms with van der Waals surface area (Å²) in [7, 11) is 0. The molecule has 47 heavy (non-hydrogen) atoms. The number of nitriles is 1. The zero-order valence-corrected chi connectivity index (χ0v) is 25.4. The minimum atomic E-state index is 0.601. The van der Waals surface area contributed by atoms with E-state index in [0.29, 0.717) is 5.56 Å². The predicted octanol–water partition coefficient (Wildman–Crippen LogP) is 11.4. The summed E-state index contributed by atoms with van der Waals surface area (Å²) in [6.45, 7) is 0. The third kappa shape index (κ3) is 4.39. The van der Waals surface area contributed by atoms with Crippen LogP contribution in [0.15, 0.2) is 164 Å². The van der Waals surface area contributed by atoms with E-state index in [9.17, 15) is 5.26 Å². The summed E-state index contributed by atoms with van der Waals surface area (Å²) >= 11 is 0. The van der Waals surface area contributed by atoms with Gasteiger partial charge in [0.1, 0.15) is 5.82 Å². The van der Waals surface area contributed by atoms with E-state index in [-0.39, 0.29) is 0 Å². The number of imidazole rings is 1. The minimum Gasteiger partial charge on any atom is -0.292 e. The average molecular weight is 598 g/mol. The standard InChI is InChI=1S/C44H27N3/c45-28-29-19-24-43-42(25-29)46-44(32-13-5-2-6-14-32)47(43)33-22-20-31(21-23-33)39-27-41-36-17-9-7-15-34(36)38(30-11-3-1-4-12-30)26-40(41)37-18-10-8-16-35(37)39/h1-27H. The third-order valence-corrected chi connectivity index (χ3v) is 9.22. The lowest BCUT2D eigenvalue weighted by atomic mass is 9.88. The summed E-state index contributed by atoms with van der Waals surface area (Å²) < 4.78 is 2.19. The van der Waals surface area contributed by atoms with Crippen molar-refractivity contribution in [2.24, 2.45) is 0 Å². The average Bonchev–Trinajstić information content (AvgIpc) is 3.54. The van der Waals surface area contributed by atoms with E-state index >= 15 is 0 Å². The summed E-state index contributed by atoms with van der Waals surface area (Å²) in [5.41, 5.74) is 9.23. The zero-order valence-electron chi connectivity index (χ0n) is 25.4. The lowest BCUT2D eigenvalue weighted by Gasteiger charge is -2.16. The molecule has 218 valence electrons. The molecule has 0 aliphatic heterocycles. The first-order valence-electron chi connectivity index (χ1n) is 15.8. The number of nitrogens with zero attached hydrogens (tertiary/aromatic N) is 3. The van der Waals surface area contributed by atoms with Crippen LogP contribution in [0, 0.1) is 11.3 Å². The van der Waals surface area contributed by atoms with E-state index in [1.807, 2.05) is 36.4 Å². The van der Waals surface area contributed by atoms with Gasteiger partial charge in [-0.25, -0.2) is 4.98 Å². The topological polar surface area (TPSA) is 41.6 Å². The molecule has 0 spiro atoms. The molecule has 0 fully saturated rings. The van der Waals surface area contributed by atoms with Crippen LogP contribution in [0.5, 0.6) is 0 Å². The summed E-state index contributed by atoms with van der Waals surface area (Å²) in [6.07, 6.45) is 0. The molecule has 0 N–H and O–H groups in total. The van der Waals surface area contributed by atoms with Gasteiger partial charge in [-0.15, -0.1) is 0 Å². The summed E-state index contributed by atoms with van der Waals surface area (Å²) in [5, 5.41) is 17.0. The van der Waals surface area contributed by atoms with Gasteiger partial charge in [-0.3, -0.25) is 4.57 Å². The maximum absolute atomic E-state index is 9.53. The molecule has 0 unspecified atom stereocenters. The number of benzene rings is 8. The van der Waals surface area contributed by atoms with Crippen LogP contribution in [-0.4, -0.2) is 9.55 Å². The fourth-order valence-electron chi connectivity index (χ4n) is 7.03. The number of aromatic nitrogens is 2. The molecule has 8 aromatic carbocycles. The van der Waals surface area contributed by atoms with Gasteiger partial charge in [-0.05, 0) is 97.0 Å². The number of hydrogen-bond acceptors (Lipinski definition) is 2. The van der Waals surface area contributed by atoms with Gasteiger partial charge < -0.3 is 0 Å². The molecule has 0 amide bonds. The molecule has 0 saturated heterocycles. The van der Waals surface area contributed by atoms with Gasteiger partial charge in [0.15, 0.2) is 0 Å². The Labute approximate surface area is 272 Å². The SMILES string of the molecule is N#Cc1ccc2c(c1)nc(-c1ccccc1)n2-c1ccc(-c2cc3c4ccccc4c(-c4ccccc4)cc3c3ccccc23)cc1. The Morgan fingerprint density at radius 3 is 1.53 bits per heavy atom. The number of fused-ring (bicyclic) bond motifs is 6. The highest BCUT2D eigenvalue weighted by molar-refractivity contribution is 6.23. The van der Waals surface area contributed by atoms with Crippen molar-refractivity contribution in [2.75, 3.05) is 0 Å². The van der Waals surface area contributed by atoms with Crippen molar-refractivity contribution in [3.8, 4) is 45.4 Å². The molecule has 0 atom stereocenters. The van der Waals surface area contributed by atoms with Crippen LogP contribution in [0.4, 0.5) is 0 Å². The Morgan fingerprint density at radius 1 is 0.447 bits per heavy atom. The molecule has 1 heterocycles. The van der Waals surface area contributed by atoms with Crippen LogP contribution >= 0.6 is 0 Å². The fourth-order valence-corrected chi connectivity index (χ4v) is 7.03. The molecular weight excluding hydrogens is 571 g/mol. The maximum Gasteiger partial charge on any atom is 0.145 e. The first-order chi connectivity index (χ1) is 23.3. The molecule has 0 saturated carbocycles. The zero-order chi connectivity index (χ0) is 31.3. The summed E-state index contributed by atoms with van der Waals surface area (Å²) in [5.74, 6) is 0.847. The first-order valence-corrected chi connectivity index (χ1v) is 15.8. The van der Waals surface area contributed by atoms with Crippen molar-refractivity contribution in [2.45, 2.75) is 0 Å². The van der Waals surface area contributed by atoms with Gasteiger partial charge in [0, 0.05) is 11.3 Å². The highest BCUT2D eigenvalue weighted by atomic mass is 15.1. The van der Waals surface area contributed by atoms with Crippen molar-refractivity contribution in [3.63, 3.8) is 0 Å². The van der Waals surface area contributed by atoms with E-state index in [1.165, 1.54) is 49.0 Å². The fraction of sp³-hybridized carbons (Fsp3) is 0. The van der Waals surface area contributed by atoms with Crippen molar-refractivity contribution < 1.29 is 0 Å². The van der Waals surface area contributed by atoms with Gasteiger partial charge in [0.2, 0.25) is 0 Å². The van der Waals surface area contributed by atoms with Gasteiger partial charge in [0.05, 0.1) is 22.7 Å². The first kappa shape index (κ1) is 26.9. The van der Waals surface area contributed by atoms with Crippen molar-refractivity contribution in [1.29, 1.82) is 5.26 Å². The van der Waals surface area contributed by atoms with Gasteiger partial charge >= 0.3 is 0 Å². The molecule has 0 aliphatic rings. The second-order valence-electron chi connectivity index (χ2n) is 11.9. The molecule has 0 radical (unpaired) electrons. The summed E-state index contributed by atoms with van der Waals surface area (Å²) in [6, 6.07) is 59.9. The van der Waals surface area contributed by atoms with E-state index in [2.05, 4.69) is 138 Å². The highest BCUT2D eigenvalue weighted by Crippen LogP contribution is 2.42. The molecule has 9 aromatic rings.